The molecule has 0 radical (unpaired) electrons. The maximum Gasteiger partial charge on any atom is 0.191 e. The zero-order valence-corrected chi connectivity index (χ0v) is 16.6. The number of guanidine groups is 1. The molecule has 0 aliphatic carbocycles. The Bertz CT molecular complexity index is 617. The molecule has 4 nitrogen and oxygen atoms in total. The zero-order chi connectivity index (χ0) is 16.3. The number of nitrogens with one attached hydrogen (secondary N) is 2. The van der Waals surface area contributed by atoms with Crippen molar-refractivity contribution in [2.75, 3.05) is 20.2 Å². The van der Waals surface area contributed by atoms with Gasteiger partial charge in [0.25, 0.3) is 0 Å². The molecule has 0 fully saturated rings. The second kappa shape index (κ2) is 11.7. The normalized spacial score (nSPS) is 10.7. The summed E-state index contributed by atoms with van der Waals surface area (Å²) < 4.78 is 5.24. The summed E-state index contributed by atoms with van der Waals surface area (Å²) in [7, 11) is 1.68. The van der Waals surface area contributed by atoms with Gasteiger partial charge in [-0.25, -0.2) is 4.99 Å². The number of ether oxygens (including phenoxy) is 1. The summed E-state index contributed by atoms with van der Waals surface area (Å²) in [5.41, 5.74) is 2.45. The second-order valence-electron chi connectivity index (χ2n) is 5.21. The number of methoxy groups -OCH3 is 1. The van der Waals surface area contributed by atoms with Gasteiger partial charge in [0, 0.05) is 13.1 Å². The molecule has 2 aromatic carbocycles. The Morgan fingerprint density at radius 2 is 1.75 bits per heavy atom. The summed E-state index contributed by atoms with van der Waals surface area (Å²) in [6.07, 6.45) is 0.977. The van der Waals surface area contributed by atoms with E-state index in [1.54, 1.807) is 7.11 Å². The van der Waals surface area contributed by atoms with E-state index >= 15 is 0 Å². The van der Waals surface area contributed by atoms with Crippen molar-refractivity contribution in [1.82, 2.24) is 10.6 Å². The third-order valence-electron chi connectivity index (χ3n) is 3.45. The van der Waals surface area contributed by atoms with Crippen LogP contribution in [0.1, 0.15) is 18.1 Å². The monoisotopic (exact) mass is 439 g/mol. The Kier molecular flexibility index (Phi) is 9.91. The highest BCUT2D eigenvalue weighted by Crippen LogP contribution is 2.13. The Balaban J connectivity index is 0.00000288. The minimum Gasteiger partial charge on any atom is -0.497 e. The van der Waals surface area contributed by atoms with Gasteiger partial charge in [-0.1, -0.05) is 42.5 Å². The van der Waals surface area contributed by atoms with Crippen LogP contribution in [0.4, 0.5) is 0 Å². The number of rotatable bonds is 7. The van der Waals surface area contributed by atoms with E-state index in [0.717, 1.165) is 36.8 Å². The van der Waals surface area contributed by atoms with Crippen LogP contribution in [-0.4, -0.2) is 26.2 Å². The standard InChI is InChI=1S/C19H25N3O.HI/c1-3-20-19(21-13-12-16-8-5-4-6-9-16)22-15-17-10-7-11-18(14-17)23-2;/h4-11,14H,3,12-13,15H2,1-2H3,(H2,20,21,22);1H. The Hall–Kier alpha value is -1.76. The Morgan fingerprint density at radius 1 is 1.00 bits per heavy atom. The maximum absolute atomic E-state index is 5.24. The molecular formula is C19H26IN3O. The van der Waals surface area contributed by atoms with Crippen molar-refractivity contribution < 1.29 is 4.74 Å². The minimum absolute atomic E-state index is 0. The van der Waals surface area contributed by atoms with Crippen LogP contribution in [0.25, 0.3) is 0 Å². The van der Waals surface area contributed by atoms with Gasteiger partial charge < -0.3 is 15.4 Å². The predicted molar refractivity (Wildman–Crippen MR) is 111 cm³/mol. The zero-order valence-electron chi connectivity index (χ0n) is 14.3. The van der Waals surface area contributed by atoms with E-state index in [9.17, 15) is 0 Å². The predicted octanol–water partition coefficient (Wildman–Crippen LogP) is 3.61. The molecule has 0 atom stereocenters. The summed E-state index contributed by atoms with van der Waals surface area (Å²) in [6.45, 7) is 4.39. The van der Waals surface area contributed by atoms with Gasteiger partial charge in [0.15, 0.2) is 5.96 Å². The number of nitrogens with zero attached hydrogens (tertiary/aromatic N) is 1. The Labute approximate surface area is 161 Å². The quantitative estimate of drug-likeness (QED) is 0.394. The molecule has 2 aromatic rings. The molecule has 0 saturated heterocycles. The van der Waals surface area contributed by atoms with Crippen LogP contribution in [-0.2, 0) is 13.0 Å². The van der Waals surface area contributed by atoms with Crippen molar-refractivity contribution in [3.05, 3.63) is 65.7 Å². The summed E-state index contributed by atoms with van der Waals surface area (Å²) in [6, 6.07) is 18.4. The topological polar surface area (TPSA) is 45.7 Å². The van der Waals surface area contributed by atoms with Crippen LogP contribution in [0.15, 0.2) is 59.6 Å². The van der Waals surface area contributed by atoms with Gasteiger partial charge in [0.05, 0.1) is 13.7 Å². The first-order valence-electron chi connectivity index (χ1n) is 8.01. The summed E-state index contributed by atoms with van der Waals surface area (Å²) in [5, 5.41) is 6.65. The smallest absolute Gasteiger partial charge is 0.191 e. The van der Waals surface area contributed by atoms with Gasteiger partial charge in [0.1, 0.15) is 5.75 Å². The summed E-state index contributed by atoms with van der Waals surface area (Å²) in [4.78, 5) is 4.63. The fourth-order valence-corrected chi connectivity index (χ4v) is 2.25. The number of benzene rings is 2. The van der Waals surface area contributed by atoms with E-state index in [0.29, 0.717) is 6.54 Å². The molecule has 0 aromatic heterocycles. The lowest BCUT2D eigenvalue weighted by Gasteiger charge is -2.11. The fraction of sp³-hybridized carbons (Fsp3) is 0.316. The van der Waals surface area contributed by atoms with Gasteiger partial charge in [-0.3, -0.25) is 0 Å². The van der Waals surface area contributed by atoms with Crippen LogP contribution >= 0.6 is 24.0 Å². The summed E-state index contributed by atoms with van der Waals surface area (Å²) >= 11 is 0. The van der Waals surface area contributed by atoms with Crippen molar-refractivity contribution in [2.45, 2.75) is 19.9 Å². The van der Waals surface area contributed by atoms with E-state index in [2.05, 4.69) is 52.9 Å². The molecule has 5 heteroatoms. The molecule has 0 saturated carbocycles. The van der Waals surface area contributed by atoms with Crippen molar-refractivity contribution in [2.24, 2.45) is 4.99 Å². The SMILES string of the molecule is CCNC(=NCc1cccc(OC)c1)NCCc1ccccc1.I. The number of hydrogen-bond acceptors (Lipinski definition) is 2. The van der Waals surface area contributed by atoms with Crippen molar-refractivity contribution in [1.29, 1.82) is 0 Å². The molecule has 0 bridgehead atoms. The highest BCUT2D eigenvalue weighted by molar-refractivity contribution is 14.0. The lowest BCUT2D eigenvalue weighted by atomic mass is 10.1. The molecule has 0 spiro atoms. The fourth-order valence-electron chi connectivity index (χ4n) is 2.25. The molecule has 130 valence electrons. The number of halogens is 1. The third kappa shape index (κ3) is 7.21. The van der Waals surface area contributed by atoms with E-state index in [-0.39, 0.29) is 24.0 Å². The second-order valence-corrected chi connectivity index (χ2v) is 5.21. The molecule has 0 aliphatic rings. The highest BCUT2D eigenvalue weighted by atomic mass is 127. The van der Waals surface area contributed by atoms with Gasteiger partial charge in [0.2, 0.25) is 0 Å². The van der Waals surface area contributed by atoms with Crippen LogP contribution in [0, 0.1) is 0 Å². The molecular weight excluding hydrogens is 413 g/mol. The van der Waals surface area contributed by atoms with Gasteiger partial charge >= 0.3 is 0 Å². The van der Waals surface area contributed by atoms with Crippen molar-refractivity contribution in [3.63, 3.8) is 0 Å². The molecule has 0 amide bonds. The molecule has 0 heterocycles. The molecule has 0 unspecified atom stereocenters. The summed E-state index contributed by atoms with van der Waals surface area (Å²) in [5.74, 6) is 1.70. The lowest BCUT2D eigenvalue weighted by Crippen LogP contribution is -2.38. The highest BCUT2D eigenvalue weighted by Gasteiger charge is 1.99. The first-order valence-corrected chi connectivity index (χ1v) is 8.01. The van der Waals surface area contributed by atoms with Gasteiger partial charge in [-0.15, -0.1) is 24.0 Å². The van der Waals surface area contributed by atoms with E-state index in [1.165, 1.54) is 5.56 Å². The van der Waals surface area contributed by atoms with Gasteiger partial charge in [-0.05, 0) is 36.6 Å². The van der Waals surface area contributed by atoms with E-state index < -0.39 is 0 Å². The maximum atomic E-state index is 5.24. The van der Waals surface area contributed by atoms with Gasteiger partial charge in [-0.2, -0.15) is 0 Å². The van der Waals surface area contributed by atoms with Crippen LogP contribution < -0.4 is 15.4 Å². The average molecular weight is 439 g/mol. The lowest BCUT2D eigenvalue weighted by molar-refractivity contribution is 0.414. The number of hydrogen-bond donors (Lipinski definition) is 2. The molecule has 24 heavy (non-hydrogen) atoms. The van der Waals surface area contributed by atoms with Crippen molar-refractivity contribution in [3.8, 4) is 5.75 Å². The number of aliphatic imine (C=N–C) groups is 1. The van der Waals surface area contributed by atoms with Crippen LogP contribution in [0.3, 0.4) is 0 Å². The molecule has 0 aliphatic heterocycles. The first kappa shape index (κ1) is 20.3. The molecule has 2 N–H and O–H groups in total. The van der Waals surface area contributed by atoms with E-state index in [1.807, 2.05) is 24.3 Å². The molecule has 2 rings (SSSR count). The third-order valence-corrected chi connectivity index (χ3v) is 3.45. The average Bonchev–Trinajstić information content (AvgIpc) is 2.61. The van der Waals surface area contributed by atoms with Crippen LogP contribution in [0.2, 0.25) is 0 Å². The minimum atomic E-state index is 0. The van der Waals surface area contributed by atoms with Crippen LogP contribution in [0.5, 0.6) is 5.75 Å². The Morgan fingerprint density at radius 3 is 2.46 bits per heavy atom. The first-order chi connectivity index (χ1) is 11.3. The largest absolute Gasteiger partial charge is 0.497 e. The van der Waals surface area contributed by atoms with E-state index in [4.69, 9.17) is 4.74 Å². The van der Waals surface area contributed by atoms with Crippen molar-refractivity contribution >= 4 is 29.9 Å².